The molecule has 0 saturated heterocycles. The SMILES string of the molecule is CCCCC(C)CCCC(C)CCCC(C)CCCCCCCCCCCCCCCCCC#N. The largest absolute Gasteiger partial charge is 0.198 e. The highest BCUT2D eigenvalue weighted by Crippen LogP contribution is 2.23. The highest BCUT2D eigenvalue weighted by molar-refractivity contribution is 4.67. The maximum absolute atomic E-state index is 8.53. The van der Waals surface area contributed by atoms with Gasteiger partial charge in [0.05, 0.1) is 6.07 Å². The van der Waals surface area contributed by atoms with E-state index in [1.807, 2.05) is 0 Å². The van der Waals surface area contributed by atoms with Gasteiger partial charge in [-0.05, 0) is 24.2 Å². The summed E-state index contributed by atoms with van der Waals surface area (Å²) in [5, 5.41) is 8.53. The molecule has 0 fully saturated rings. The van der Waals surface area contributed by atoms with Gasteiger partial charge in [-0.25, -0.2) is 0 Å². The minimum absolute atomic E-state index is 0.748. The molecule has 1 heteroatoms. The molecule has 0 bridgehead atoms. The lowest BCUT2D eigenvalue weighted by atomic mass is 9.90. The van der Waals surface area contributed by atoms with E-state index in [0.717, 1.165) is 30.6 Å². The lowest BCUT2D eigenvalue weighted by Crippen LogP contribution is -2.01. The molecule has 0 aliphatic carbocycles. The third kappa shape index (κ3) is 27.9. The third-order valence-electron chi connectivity index (χ3n) is 8.32. The van der Waals surface area contributed by atoms with Gasteiger partial charge < -0.3 is 0 Å². The molecule has 0 aliphatic heterocycles. The maximum atomic E-state index is 8.53. The number of nitriles is 1. The zero-order chi connectivity index (χ0) is 25.8. The fourth-order valence-corrected chi connectivity index (χ4v) is 5.61. The average molecular weight is 490 g/mol. The van der Waals surface area contributed by atoms with Crippen LogP contribution in [0.15, 0.2) is 0 Å². The quantitative estimate of drug-likeness (QED) is 0.100. The molecule has 0 rings (SSSR count). The summed E-state index contributed by atoms with van der Waals surface area (Å²) < 4.78 is 0. The van der Waals surface area contributed by atoms with E-state index in [4.69, 9.17) is 5.26 Å². The van der Waals surface area contributed by atoms with E-state index in [9.17, 15) is 0 Å². The van der Waals surface area contributed by atoms with E-state index in [1.54, 1.807) is 0 Å². The lowest BCUT2D eigenvalue weighted by molar-refractivity contribution is 0.375. The molecule has 0 aromatic carbocycles. The fraction of sp³-hybridized carbons (Fsp3) is 0.971. The highest BCUT2D eigenvalue weighted by atomic mass is 14.2. The molecule has 0 heterocycles. The van der Waals surface area contributed by atoms with E-state index in [2.05, 4.69) is 33.8 Å². The first-order valence-electron chi connectivity index (χ1n) is 16.5. The molecule has 0 amide bonds. The molecule has 35 heavy (non-hydrogen) atoms. The Morgan fingerprint density at radius 2 is 0.686 bits per heavy atom. The van der Waals surface area contributed by atoms with Gasteiger partial charge in [-0.15, -0.1) is 0 Å². The topological polar surface area (TPSA) is 23.8 Å². The Labute approximate surface area is 223 Å². The van der Waals surface area contributed by atoms with E-state index < -0.39 is 0 Å². The maximum Gasteiger partial charge on any atom is 0.0621 e. The molecular weight excluding hydrogens is 422 g/mol. The molecule has 3 atom stereocenters. The van der Waals surface area contributed by atoms with Gasteiger partial charge in [0, 0.05) is 6.42 Å². The van der Waals surface area contributed by atoms with Gasteiger partial charge in [0.25, 0.3) is 0 Å². The van der Waals surface area contributed by atoms with Gasteiger partial charge in [0.1, 0.15) is 0 Å². The van der Waals surface area contributed by atoms with Crippen LogP contribution in [-0.4, -0.2) is 0 Å². The Kier molecular flexibility index (Phi) is 27.7. The smallest absolute Gasteiger partial charge is 0.0621 e. The molecule has 0 N–H and O–H groups in total. The molecule has 0 aromatic heterocycles. The van der Waals surface area contributed by atoms with Crippen molar-refractivity contribution in [2.45, 2.75) is 195 Å². The van der Waals surface area contributed by atoms with Gasteiger partial charge in [-0.2, -0.15) is 5.26 Å². The van der Waals surface area contributed by atoms with E-state index in [-0.39, 0.29) is 0 Å². The summed E-state index contributed by atoms with van der Waals surface area (Å²) in [4.78, 5) is 0. The van der Waals surface area contributed by atoms with Crippen molar-refractivity contribution in [3.63, 3.8) is 0 Å². The number of nitrogens with zero attached hydrogens (tertiary/aromatic N) is 1. The van der Waals surface area contributed by atoms with Crippen LogP contribution in [0.25, 0.3) is 0 Å². The molecule has 0 saturated carbocycles. The zero-order valence-electron chi connectivity index (χ0n) is 25.1. The number of hydrogen-bond acceptors (Lipinski definition) is 1. The van der Waals surface area contributed by atoms with Crippen molar-refractivity contribution in [3.05, 3.63) is 0 Å². The van der Waals surface area contributed by atoms with E-state index >= 15 is 0 Å². The fourth-order valence-electron chi connectivity index (χ4n) is 5.61. The highest BCUT2D eigenvalue weighted by Gasteiger charge is 2.07. The van der Waals surface area contributed by atoms with Gasteiger partial charge >= 0.3 is 0 Å². The number of unbranched alkanes of at least 4 members (excludes halogenated alkanes) is 16. The van der Waals surface area contributed by atoms with Crippen LogP contribution in [0.3, 0.4) is 0 Å². The lowest BCUT2D eigenvalue weighted by Gasteiger charge is -2.16. The van der Waals surface area contributed by atoms with Crippen LogP contribution in [0, 0.1) is 29.1 Å². The Morgan fingerprint density at radius 3 is 1.03 bits per heavy atom. The van der Waals surface area contributed by atoms with Crippen LogP contribution < -0.4 is 0 Å². The summed E-state index contributed by atoms with van der Waals surface area (Å²) in [6.45, 7) is 9.75. The second-order valence-corrected chi connectivity index (χ2v) is 12.3. The number of hydrogen-bond donors (Lipinski definition) is 0. The van der Waals surface area contributed by atoms with Crippen molar-refractivity contribution < 1.29 is 0 Å². The summed E-state index contributed by atoms with van der Waals surface area (Å²) in [6.07, 6.45) is 36.2. The summed E-state index contributed by atoms with van der Waals surface area (Å²) in [6, 6.07) is 2.24. The molecule has 1 nitrogen and oxygen atoms in total. The van der Waals surface area contributed by atoms with Gasteiger partial charge in [-0.3, -0.25) is 0 Å². The van der Waals surface area contributed by atoms with Crippen LogP contribution in [0.1, 0.15) is 195 Å². The summed E-state index contributed by atoms with van der Waals surface area (Å²) >= 11 is 0. The molecule has 0 aliphatic rings. The molecule has 3 unspecified atom stereocenters. The molecule has 0 aromatic rings. The first-order valence-corrected chi connectivity index (χ1v) is 16.5. The van der Waals surface area contributed by atoms with Crippen molar-refractivity contribution in [1.29, 1.82) is 5.26 Å². The molecule has 0 spiro atoms. The first kappa shape index (κ1) is 34.5. The minimum atomic E-state index is 0.748. The first-order chi connectivity index (χ1) is 17.1. The Balaban J connectivity index is 3.29. The predicted molar refractivity (Wildman–Crippen MR) is 159 cm³/mol. The molecule has 208 valence electrons. The van der Waals surface area contributed by atoms with Crippen LogP contribution in [0.4, 0.5) is 0 Å². The van der Waals surface area contributed by atoms with Crippen LogP contribution in [0.5, 0.6) is 0 Å². The second-order valence-electron chi connectivity index (χ2n) is 12.3. The van der Waals surface area contributed by atoms with Crippen molar-refractivity contribution in [2.75, 3.05) is 0 Å². The van der Waals surface area contributed by atoms with Crippen molar-refractivity contribution in [2.24, 2.45) is 17.8 Å². The minimum Gasteiger partial charge on any atom is -0.198 e. The number of rotatable bonds is 28. The standard InChI is InChI=1S/C34H67N/c1-5-6-25-32(2)27-23-29-34(4)30-24-28-33(3)26-21-19-17-15-13-11-9-7-8-10-12-14-16-18-20-22-31-35/h32-34H,5-30H2,1-4H3. The van der Waals surface area contributed by atoms with E-state index in [0.29, 0.717) is 0 Å². The molecule has 0 radical (unpaired) electrons. The van der Waals surface area contributed by atoms with Crippen LogP contribution >= 0.6 is 0 Å². The zero-order valence-corrected chi connectivity index (χ0v) is 25.1. The Bertz CT molecular complexity index is 436. The monoisotopic (exact) mass is 490 g/mol. The van der Waals surface area contributed by atoms with Crippen molar-refractivity contribution >= 4 is 0 Å². The third-order valence-corrected chi connectivity index (χ3v) is 8.32. The average Bonchev–Trinajstić information content (AvgIpc) is 2.84. The Morgan fingerprint density at radius 1 is 0.400 bits per heavy atom. The van der Waals surface area contributed by atoms with Gasteiger partial charge in [0.2, 0.25) is 0 Å². The van der Waals surface area contributed by atoms with Gasteiger partial charge in [-0.1, -0.05) is 182 Å². The van der Waals surface area contributed by atoms with Crippen LogP contribution in [-0.2, 0) is 0 Å². The normalized spacial score (nSPS) is 14.0. The molecular formula is C34H67N. The summed E-state index contributed by atoms with van der Waals surface area (Å²) in [7, 11) is 0. The van der Waals surface area contributed by atoms with Crippen molar-refractivity contribution in [3.8, 4) is 6.07 Å². The summed E-state index contributed by atoms with van der Waals surface area (Å²) in [5.74, 6) is 2.82. The van der Waals surface area contributed by atoms with E-state index in [1.165, 1.54) is 154 Å². The van der Waals surface area contributed by atoms with Gasteiger partial charge in [0.15, 0.2) is 0 Å². The van der Waals surface area contributed by atoms with Crippen molar-refractivity contribution in [1.82, 2.24) is 0 Å². The summed E-state index contributed by atoms with van der Waals surface area (Å²) in [5.41, 5.74) is 0. The Hall–Kier alpha value is -0.510. The predicted octanol–water partition coefficient (Wildman–Crippen LogP) is 12.6. The van der Waals surface area contributed by atoms with Crippen LogP contribution in [0.2, 0.25) is 0 Å². The second kappa shape index (κ2) is 28.1.